The van der Waals surface area contributed by atoms with Crippen molar-refractivity contribution >= 4 is 5.97 Å². The van der Waals surface area contributed by atoms with Gasteiger partial charge in [0, 0.05) is 0 Å². The van der Waals surface area contributed by atoms with E-state index in [9.17, 15) is 4.79 Å². The van der Waals surface area contributed by atoms with Crippen molar-refractivity contribution in [2.75, 3.05) is 7.11 Å². The Morgan fingerprint density at radius 1 is 1.21 bits per heavy atom. The number of aryl methyl sites for hydroxylation is 2. The maximum atomic E-state index is 11.1. The van der Waals surface area contributed by atoms with E-state index >= 15 is 0 Å². The quantitative estimate of drug-likeness (QED) is 0.672. The molecule has 14 heavy (non-hydrogen) atoms. The molecule has 0 N–H and O–H groups in total. The van der Waals surface area contributed by atoms with Crippen LogP contribution in [0.2, 0.25) is 0 Å². The lowest BCUT2D eigenvalue weighted by molar-refractivity contribution is -0.139. The highest BCUT2D eigenvalue weighted by Gasteiger charge is 2.05. The van der Waals surface area contributed by atoms with Gasteiger partial charge in [0.1, 0.15) is 0 Å². The van der Waals surface area contributed by atoms with Crippen molar-refractivity contribution in [3.05, 3.63) is 34.4 Å². The molecule has 0 unspecified atom stereocenters. The zero-order valence-electron chi connectivity index (χ0n) is 9.18. The second-order valence-electron chi connectivity index (χ2n) is 3.61. The molecule has 2 heteroatoms. The van der Waals surface area contributed by atoms with Gasteiger partial charge in [0.25, 0.3) is 0 Å². The van der Waals surface area contributed by atoms with Gasteiger partial charge in [0.15, 0.2) is 0 Å². The maximum absolute atomic E-state index is 11.1. The number of methoxy groups -OCH3 is 1. The summed E-state index contributed by atoms with van der Waals surface area (Å²) < 4.78 is 4.63. The standard InChI is InChI=1S/C12H16O2/c1-8-5-11(7-12(13)14-4)6-9(2)10(8)3/h5-6H,7H2,1-4H3. The van der Waals surface area contributed by atoms with E-state index in [1.165, 1.54) is 23.8 Å². The lowest BCUT2D eigenvalue weighted by atomic mass is 9.99. The van der Waals surface area contributed by atoms with Gasteiger partial charge in [-0.15, -0.1) is 0 Å². The number of hydrogen-bond acceptors (Lipinski definition) is 2. The van der Waals surface area contributed by atoms with Gasteiger partial charge < -0.3 is 4.74 Å². The average molecular weight is 192 g/mol. The van der Waals surface area contributed by atoms with Crippen LogP contribution >= 0.6 is 0 Å². The third-order valence-electron chi connectivity index (χ3n) is 2.56. The monoisotopic (exact) mass is 192 g/mol. The highest BCUT2D eigenvalue weighted by Crippen LogP contribution is 2.15. The number of benzene rings is 1. The summed E-state index contributed by atoms with van der Waals surface area (Å²) in [6.45, 7) is 6.21. The Kier molecular flexibility index (Phi) is 3.28. The van der Waals surface area contributed by atoms with Crippen LogP contribution < -0.4 is 0 Å². The van der Waals surface area contributed by atoms with Crippen molar-refractivity contribution in [2.45, 2.75) is 27.2 Å². The summed E-state index contributed by atoms with van der Waals surface area (Å²) in [6, 6.07) is 4.08. The zero-order valence-corrected chi connectivity index (χ0v) is 9.18. The maximum Gasteiger partial charge on any atom is 0.309 e. The predicted octanol–water partition coefficient (Wildman–Crippen LogP) is 2.33. The van der Waals surface area contributed by atoms with E-state index in [0.29, 0.717) is 6.42 Å². The first-order chi connectivity index (χ1) is 6.54. The zero-order chi connectivity index (χ0) is 10.7. The van der Waals surface area contributed by atoms with E-state index < -0.39 is 0 Å². The summed E-state index contributed by atoms with van der Waals surface area (Å²) in [5, 5.41) is 0. The molecule has 0 saturated carbocycles. The lowest BCUT2D eigenvalue weighted by Gasteiger charge is -2.08. The van der Waals surface area contributed by atoms with E-state index in [1.54, 1.807) is 0 Å². The highest BCUT2D eigenvalue weighted by molar-refractivity contribution is 5.72. The number of esters is 1. The third-order valence-corrected chi connectivity index (χ3v) is 2.56. The Morgan fingerprint density at radius 3 is 2.14 bits per heavy atom. The van der Waals surface area contributed by atoms with Crippen LogP contribution in [-0.4, -0.2) is 13.1 Å². The van der Waals surface area contributed by atoms with Crippen LogP contribution in [0.5, 0.6) is 0 Å². The summed E-state index contributed by atoms with van der Waals surface area (Å²) in [5.74, 6) is -0.187. The Balaban J connectivity index is 2.95. The third kappa shape index (κ3) is 2.34. The summed E-state index contributed by atoms with van der Waals surface area (Å²) in [4.78, 5) is 11.1. The number of carbonyl (C=O) groups excluding carboxylic acids is 1. The summed E-state index contributed by atoms with van der Waals surface area (Å²) in [7, 11) is 1.41. The molecule has 0 bridgehead atoms. The van der Waals surface area contributed by atoms with E-state index in [2.05, 4.69) is 25.5 Å². The Labute approximate surface area is 84.9 Å². The van der Waals surface area contributed by atoms with E-state index in [1.807, 2.05) is 12.1 Å². The van der Waals surface area contributed by atoms with Gasteiger partial charge >= 0.3 is 5.97 Å². The molecule has 1 rings (SSSR count). The minimum Gasteiger partial charge on any atom is -0.469 e. The van der Waals surface area contributed by atoms with Crippen molar-refractivity contribution in [1.29, 1.82) is 0 Å². The van der Waals surface area contributed by atoms with E-state index in [4.69, 9.17) is 0 Å². The normalized spacial score (nSPS) is 10.0. The summed E-state index contributed by atoms with van der Waals surface area (Å²) >= 11 is 0. The van der Waals surface area contributed by atoms with Gasteiger partial charge in [-0.05, 0) is 43.0 Å². The number of ether oxygens (including phenoxy) is 1. The molecule has 0 aliphatic heterocycles. The first-order valence-electron chi connectivity index (χ1n) is 4.68. The van der Waals surface area contributed by atoms with Gasteiger partial charge in [-0.3, -0.25) is 4.79 Å². The van der Waals surface area contributed by atoms with Gasteiger partial charge in [0.05, 0.1) is 13.5 Å². The first kappa shape index (κ1) is 10.8. The fraction of sp³-hybridized carbons (Fsp3) is 0.417. The second kappa shape index (κ2) is 4.27. The molecule has 0 aromatic heterocycles. The molecule has 1 aromatic rings. The van der Waals surface area contributed by atoms with Crippen molar-refractivity contribution in [3.8, 4) is 0 Å². The molecule has 76 valence electrons. The number of rotatable bonds is 2. The van der Waals surface area contributed by atoms with Crippen molar-refractivity contribution < 1.29 is 9.53 Å². The summed E-state index contributed by atoms with van der Waals surface area (Å²) in [6.07, 6.45) is 0.360. The van der Waals surface area contributed by atoms with Gasteiger partial charge in [-0.2, -0.15) is 0 Å². The summed E-state index contributed by atoms with van der Waals surface area (Å²) in [5.41, 5.74) is 4.77. The van der Waals surface area contributed by atoms with Gasteiger partial charge in [0.2, 0.25) is 0 Å². The molecule has 0 radical (unpaired) electrons. The lowest BCUT2D eigenvalue weighted by Crippen LogP contribution is -2.05. The molecular formula is C12H16O2. The van der Waals surface area contributed by atoms with Crippen molar-refractivity contribution in [3.63, 3.8) is 0 Å². The van der Waals surface area contributed by atoms with E-state index in [-0.39, 0.29) is 5.97 Å². The first-order valence-corrected chi connectivity index (χ1v) is 4.68. The average Bonchev–Trinajstić information content (AvgIpc) is 2.14. The number of carbonyl (C=O) groups is 1. The van der Waals surface area contributed by atoms with Crippen LogP contribution in [0.15, 0.2) is 12.1 Å². The van der Waals surface area contributed by atoms with Crippen LogP contribution in [-0.2, 0) is 16.0 Å². The topological polar surface area (TPSA) is 26.3 Å². The minimum atomic E-state index is -0.187. The molecule has 0 heterocycles. The van der Waals surface area contributed by atoms with Crippen LogP contribution in [0.3, 0.4) is 0 Å². The van der Waals surface area contributed by atoms with Crippen molar-refractivity contribution in [1.82, 2.24) is 0 Å². The SMILES string of the molecule is COC(=O)Cc1cc(C)c(C)c(C)c1. The molecule has 0 amide bonds. The fourth-order valence-corrected chi connectivity index (χ4v) is 1.47. The molecule has 0 fully saturated rings. The molecule has 0 aliphatic carbocycles. The highest BCUT2D eigenvalue weighted by atomic mass is 16.5. The molecule has 0 spiro atoms. The molecule has 0 aliphatic rings. The Morgan fingerprint density at radius 2 is 1.71 bits per heavy atom. The van der Waals surface area contributed by atoms with Crippen molar-refractivity contribution in [2.24, 2.45) is 0 Å². The van der Waals surface area contributed by atoms with Crippen LogP contribution in [0.1, 0.15) is 22.3 Å². The molecular weight excluding hydrogens is 176 g/mol. The minimum absolute atomic E-state index is 0.187. The predicted molar refractivity (Wildman–Crippen MR) is 56.4 cm³/mol. The second-order valence-corrected chi connectivity index (χ2v) is 3.61. The van der Waals surface area contributed by atoms with Crippen LogP contribution in [0, 0.1) is 20.8 Å². The number of hydrogen-bond donors (Lipinski definition) is 0. The van der Waals surface area contributed by atoms with E-state index in [0.717, 1.165) is 5.56 Å². The fourth-order valence-electron chi connectivity index (χ4n) is 1.47. The largest absolute Gasteiger partial charge is 0.469 e. The van der Waals surface area contributed by atoms with Gasteiger partial charge in [-0.1, -0.05) is 12.1 Å². The van der Waals surface area contributed by atoms with Crippen LogP contribution in [0.4, 0.5) is 0 Å². The Hall–Kier alpha value is -1.31. The van der Waals surface area contributed by atoms with Gasteiger partial charge in [-0.25, -0.2) is 0 Å². The smallest absolute Gasteiger partial charge is 0.309 e. The molecule has 0 atom stereocenters. The molecule has 0 saturated heterocycles. The Bertz CT molecular complexity index is 330. The molecule has 1 aromatic carbocycles. The van der Waals surface area contributed by atoms with Crippen LogP contribution in [0.25, 0.3) is 0 Å². The molecule has 2 nitrogen and oxygen atoms in total.